The third-order valence-electron chi connectivity index (χ3n) is 5.22. The summed E-state index contributed by atoms with van der Waals surface area (Å²) in [5.74, 6) is 0.0409. The second kappa shape index (κ2) is 8.34. The number of nitrogens with one attached hydrogen (secondary N) is 3. The van der Waals surface area contributed by atoms with E-state index in [9.17, 15) is 14.4 Å². The van der Waals surface area contributed by atoms with Crippen molar-refractivity contribution in [1.82, 2.24) is 10.6 Å². The molecule has 3 rings (SSSR count). The molecule has 6 nitrogen and oxygen atoms in total. The van der Waals surface area contributed by atoms with Gasteiger partial charge in [-0.3, -0.25) is 14.4 Å². The molecule has 3 amide bonds. The molecule has 0 heterocycles. The average Bonchev–Trinajstić information content (AvgIpc) is 3.38. The summed E-state index contributed by atoms with van der Waals surface area (Å²) >= 11 is 0. The van der Waals surface area contributed by atoms with Crippen LogP contribution in [0, 0.1) is 11.8 Å². The molecule has 0 aliphatic heterocycles. The summed E-state index contributed by atoms with van der Waals surface area (Å²) in [4.78, 5) is 36.3. The van der Waals surface area contributed by atoms with E-state index in [2.05, 4.69) is 16.0 Å². The summed E-state index contributed by atoms with van der Waals surface area (Å²) in [5, 5.41) is 8.47. The number of amides is 3. The van der Waals surface area contributed by atoms with E-state index >= 15 is 0 Å². The Morgan fingerprint density at radius 1 is 1.12 bits per heavy atom. The SMILES string of the molecule is CC1CC1C(=O)Nc1cccc(C(=O)NCC(=O)NC2CCCCC2)c1. The Morgan fingerprint density at radius 3 is 2.54 bits per heavy atom. The standard InChI is InChI=1S/C20H27N3O3/c1-13-10-17(13)20(26)23-16-9-5-6-14(11-16)19(25)21-12-18(24)22-15-7-3-2-4-8-15/h5-6,9,11,13,15,17H,2-4,7-8,10,12H2,1H3,(H,21,25)(H,22,24)(H,23,26). The van der Waals surface area contributed by atoms with Crippen LogP contribution in [0.2, 0.25) is 0 Å². The molecular formula is C20H27N3O3. The second-order valence-electron chi connectivity index (χ2n) is 7.47. The summed E-state index contributed by atoms with van der Waals surface area (Å²) in [6.07, 6.45) is 6.48. The molecule has 26 heavy (non-hydrogen) atoms. The molecule has 2 atom stereocenters. The molecule has 2 saturated carbocycles. The van der Waals surface area contributed by atoms with Crippen LogP contribution in [0.5, 0.6) is 0 Å². The van der Waals surface area contributed by atoms with Crippen molar-refractivity contribution in [3.63, 3.8) is 0 Å². The van der Waals surface area contributed by atoms with Crippen LogP contribution in [-0.2, 0) is 9.59 Å². The first-order chi connectivity index (χ1) is 12.5. The molecule has 2 aliphatic rings. The van der Waals surface area contributed by atoms with Crippen LogP contribution in [0.1, 0.15) is 55.8 Å². The number of carbonyl (C=O) groups is 3. The normalized spacial score (nSPS) is 22.3. The summed E-state index contributed by atoms with van der Waals surface area (Å²) in [6.45, 7) is 2.01. The van der Waals surface area contributed by atoms with Gasteiger partial charge in [0.15, 0.2) is 0 Å². The number of benzene rings is 1. The molecule has 6 heteroatoms. The van der Waals surface area contributed by atoms with Crippen LogP contribution in [0.4, 0.5) is 5.69 Å². The van der Waals surface area contributed by atoms with E-state index in [1.54, 1.807) is 24.3 Å². The highest BCUT2D eigenvalue weighted by molar-refractivity contribution is 5.99. The van der Waals surface area contributed by atoms with E-state index in [1.807, 2.05) is 6.92 Å². The van der Waals surface area contributed by atoms with Gasteiger partial charge in [0.05, 0.1) is 6.54 Å². The smallest absolute Gasteiger partial charge is 0.251 e. The highest BCUT2D eigenvalue weighted by atomic mass is 16.2. The van der Waals surface area contributed by atoms with Crippen molar-refractivity contribution in [3.8, 4) is 0 Å². The maximum absolute atomic E-state index is 12.3. The minimum atomic E-state index is -0.320. The molecule has 0 saturated heterocycles. The van der Waals surface area contributed by atoms with E-state index < -0.39 is 0 Å². The van der Waals surface area contributed by atoms with Gasteiger partial charge in [-0.2, -0.15) is 0 Å². The lowest BCUT2D eigenvalue weighted by atomic mass is 9.95. The van der Waals surface area contributed by atoms with E-state index in [-0.39, 0.29) is 36.2 Å². The van der Waals surface area contributed by atoms with Gasteiger partial charge in [0, 0.05) is 23.2 Å². The van der Waals surface area contributed by atoms with Crippen LogP contribution >= 0.6 is 0 Å². The van der Waals surface area contributed by atoms with Gasteiger partial charge in [-0.15, -0.1) is 0 Å². The molecule has 0 bridgehead atoms. The Morgan fingerprint density at radius 2 is 1.85 bits per heavy atom. The van der Waals surface area contributed by atoms with Gasteiger partial charge in [-0.25, -0.2) is 0 Å². The molecule has 2 fully saturated rings. The van der Waals surface area contributed by atoms with Crippen LogP contribution in [0.15, 0.2) is 24.3 Å². The summed E-state index contributed by atoms with van der Waals surface area (Å²) in [6, 6.07) is 7.03. The Balaban J connectivity index is 1.47. The lowest BCUT2D eigenvalue weighted by Crippen LogP contribution is -2.42. The van der Waals surface area contributed by atoms with Crippen molar-refractivity contribution in [2.24, 2.45) is 11.8 Å². The minimum absolute atomic E-state index is 0.00178. The maximum Gasteiger partial charge on any atom is 0.251 e. The van der Waals surface area contributed by atoms with Crippen molar-refractivity contribution in [1.29, 1.82) is 0 Å². The molecule has 0 radical (unpaired) electrons. The average molecular weight is 357 g/mol. The first-order valence-electron chi connectivity index (χ1n) is 9.51. The van der Waals surface area contributed by atoms with Crippen molar-refractivity contribution in [2.75, 3.05) is 11.9 Å². The molecular weight excluding hydrogens is 330 g/mol. The number of rotatable bonds is 6. The maximum atomic E-state index is 12.3. The predicted molar refractivity (Wildman–Crippen MR) is 99.7 cm³/mol. The lowest BCUT2D eigenvalue weighted by Gasteiger charge is -2.22. The largest absolute Gasteiger partial charge is 0.352 e. The van der Waals surface area contributed by atoms with Gasteiger partial charge < -0.3 is 16.0 Å². The molecule has 2 unspecified atom stereocenters. The van der Waals surface area contributed by atoms with Crippen LogP contribution in [0.25, 0.3) is 0 Å². The first kappa shape index (κ1) is 18.4. The number of hydrogen-bond donors (Lipinski definition) is 3. The molecule has 140 valence electrons. The number of anilines is 1. The Kier molecular flexibility index (Phi) is 5.91. The molecule has 1 aromatic carbocycles. The van der Waals surface area contributed by atoms with Crippen molar-refractivity contribution < 1.29 is 14.4 Å². The summed E-state index contributed by atoms with van der Waals surface area (Å²) < 4.78 is 0. The summed E-state index contributed by atoms with van der Waals surface area (Å²) in [7, 11) is 0. The number of carbonyl (C=O) groups excluding carboxylic acids is 3. The Hall–Kier alpha value is -2.37. The highest BCUT2D eigenvalue weighted by Crippen LogP contribution is 2.38. The third-order valence-corrected chi connectivity index (χ3v) is 5.22. The zero-order valence-electron chi connectivity index (χ0n) is 15.2. The van der Waals surface area contributed by atoms with Crippen molar-refractivity contribution in [3.05, 3.63) is 29.8 Å². The predicted octanol–water partition coefficient (Wildman–Crippen LogP) is 2.46. The van der Waals surface area contributed by atoms with E-state index in [1.165, 1.54) is 6.42 Å². The fourth-order valence-electron chi connectivity index (χ4n) is 3.45. The molecule has 0 spiro atoms. The number of hydrogen-bond acceptors (Lipinski definition) is 3. The van der Waals surface area contributed by atoms with Gasteiger partial charge in [0.1, 0.15) is 0 Å². The topological polar surface area (TPSA) is 87.3 Å². The van der Waals surface area contributed by atoms with Crippen LogP contribution in [-0.4, -0.2) is 30.3 Å². The second-order valence-corrected chi connectivity index (χ2v) is 7.47. The van der Waals surface area contributed by atoms with Gasteiger partial charge >= 0.3 is 0 Å². The molecule has 2 aliphatic carbocycles. The molecule has 1 aromatic rings. The molecule has 0 aromatic heterocycles. The van der Waals surface area contributed by atoms with E-state index in [0.29, 0.717) is 17.2 Å². The van der Waals surface area contributed by atoms with Crippen LogP contribution < -0.4 is 16.0 Å². The van der Waals surface area contributed by atoms with Crippen molar-refractivity contribution in [2.45, 2.75) is 51.5 Å². The van der Waals surface area contributed by atoms with Gasteiger partial charge in [-0.05, 0) is 43.4 Å². The zero-order valence-corrected chi connectivity index (χ0v) is 15.2. The Bertz CT molecular complexity index is 683. The van der Waals surface area contributed by atoms with Crippen LogP contribution in [0.3, 0.4) is 0 Å². The Labute approximate surface area is 154 Å². The minimum Gasteiger partial charge on any atom is -0.352 e. The summed E-state index contributed by atoms with van der Waals surface area (Å²) in [5.41, 5.74) is 1.03. The van der Waals surface area contributed by atoms with Gasteiger partial charge in [-0.1, -0.05) is 32.3 Å². The third kappa shape index (κ3) is 5.07. The van der Waals surface area contributed by atoms with Gasteiger partial charge in [0.2, 0.25) is 11.8 Å². The zero-order chi connectivity index (χ0) is 18.5. The van der Waals surface area contributed by atoms with E-state index in [4.69, 9.17) is 0 Å². The lowest BCUT2D eigenvalue weighted by molar-refractivity contribution is -0.121. The van der Waals surface area contributed by atoms with E-state index in [0.717, 1.165) is 32.1 Å². The van der Waals surface area contributed by atoms with Crippen molar-refractivity contribution >= 4 is 23.4 Å². The quantitative estimate of drug-likeness (QED) is 0.731. The molecule has 3 N–H and O–H groups in total. The fourth-order valence-corrected chi connectivity index (χ4v) is 3.45. The highest BCUT2D eigenvalue weighted by Gasteiger charge is 2.39. The monoisotopic (exact) mass is 357 g/mol. The fraction of sp³-hybridized carbons (Fsp3) is 0.550. The van der Waals surface area contributed by atoms with Gasteiger partial charge in [0.25, 0.3) is 5.91 Å². The first-order valence-corrected chi connectivity index (χ1v) is 9.51.